The third-order valence-corrected chi connectivity index (χ3v) is 3.37. The topological polar surface area (TPSA) is 26.3 Å². The van der Waals surface area contributed by atoms with E-state index in [1.165, 1.54) is 4.88 Å². The lowest BCUT2D eigenvalue weighted by Crippen LogP contribution is -2.10. The van der Waals surface area contributed by atoms with Crippen molar-refractivity contribution in [1.82, 2.24) is 0 Å². The van der Waals surface area contributed by atoms with Crippen LogP contribution in [0.3, 0.4) is 0 Å². The van der Waals surface area contributed by atoms with Crippen LogP contribution < -0.4 is 0 Å². The summed E-state index contributed by atoms with van der Waals surface area (Å²) in [4.78, 5) is 12.8. The van der Waals surface area contributed by atoms with Crippen LogP contribution in [0.2, 0.25) is 0 Å². The van der Waals surface area contributed by atoms with Gasteiger partial charge in [-0.1, -0.05) is 6.07 Å². The molecule has 1 unspecified atom stereocenters. The van der Waals surface area contributed by atoms with Gasteiger partial charge in [-0.05, 0) is 23.8 Å². The van der Waals surface area contributed by atoms with Gasteiger partial charge in [-0.25, -0.2) is 0 Å². The maximum atomic E-state index is 11.6. The van der Waals surface area contributed by atoms with Crippen LogP contribution in [0, 0.1) is 5.92 Å². The average Bonchev–Trinajstić information content (AvgIpc) is 2.76. The molecule has 2 nitrogen and oxygen atoms in total. The van der Waals surface area contributed by atoms with Gasteiger partial charge in [0.25, 0.3) is 0 Å². The Balaban J connectivity index is 1.78. The van der Waals surface area contributed by atoms with Crippen molar-refractivity contribution in [2.75, 3.05) is 13.2 Å². The van der Waals surface area contributed by atoms with E-state index in [0.717, 1.165) is 19.6 Å². The number of ether oxygens (including phenoxy) is 1. The van der Waals surface area contributed by atoms with Gasteiger partial charge in [0.15, 0.2) is 0 Å². The van der Waals surface area contributed by atoms with Crippen LogP contribution in [-0.4, -0.2) is 19.0 Å². The number of carbonyl (C=O) groups excluding carboxylic acids is 1. The molecule has 0 aliphatic carbocycles. The van der Waals surface area contributed by atoms with Crippen molar-refractivity contribution < 1.29 is 9.53 Å². The van der Waals surface area contributed by atoms with Gasteiger partial charge in [0.1, 0.15) is 5.78 Å². The van der Waals surface area contributed by atoms with E-state index in [-0.39, 0.29) is 0 Å². The standard InChI is InChI=1S/C11H14O2S/c12-10(6-9-3-4-13-8-9)7-11-2-1-5-14-11/h1-2,5,9H,3-4,6-8H2. The molecule has 3 heteroatoms. The molecular formula is C11H14O2S. The summed E-state index contributed by atoms with van der Waals surface area (Å²) in [5, 5.41) is 2.02. The highest BCUT2D eigenvalue weighted by atomic mass is 32.1. The molecule has 1 aliphatic heterocycles. The van der Waals surface area contributed by atoms with Gasteiger partial charge in [-0.2, -0.15) is 0 Å². The summed E-state index contributed by atoms with van der Waals surface area (Å²) >= 11 is 1.66. The van der Waals surface area contributed by atoms with Crippen molar-refractivity contribution in [3.8, 4) is 0 Å². The zero-order valence-corrected chi connectivity index (χ0v) is 8.89. The number of ketones is 1. The summed E-state index contributed by atoms with van der Waals surface area (Å²) in [6, 6.07) is 4.01. The summed E-state index contributed by atoms with van der Waals surface area (Å²) < 4.78 is 5.24. The molecule has 0 bridgehead atoms. The number of hydrogen-bond donors (Lipinski definition) is 0. The van der Waals surface area contributed by atoms with Gasteiger partial charge in [-0.15, -0.1) is 11.3 Å². The second-order valence-corrected chi connectivity index (χ2v) is 4.76. The highest BCUT2D eigenvalue weighted by Crippen LogP contribution is 2.18. The number of thiophene rings is 1. The second kappa shape index (κ2) is 4.71. The Labute approximate surface area is 87.9 Å². The van der Waals surface area contributed by atoms with Gasteiger partial charge in [0, 0.05) is 30.9 Å². The second-order valence-electron chi connectivity index (χ2n) is 3.73. The molecule has 1 fully saturated rings. The van der Waals surface area contributed by atoms with E-state index in [1.807, 2.05) is 17.5 Å². The number of carbonyl (C=O) groups is 1. The number of hydrogen-bond acceptors (Lipinski definition) is 3. The summed E-state index contributed by atoms with van der Waals surface area (Å²) in [5.74, 6) is 0.824. The first kappa shape index (κ1) is 9.87. The van der Waals surface area contributed by atoms with E-state index in [9.17, 15) is 4.79 Å². The summed E-state index contributed by atoms with van der Waals surface area (Å²) in [7, 11) is 0. The first-order valence-corrected chi connectivity index (χ1v) is 5.84. The fourth-order valence-corrected chi connectivity index (χ4v) is 2.48. The van der Waals surface area contributed by atoms with Crippen LogP contribution in [0.5, 0.6) is 0 Å². The molecule has 0 aromatic carbocycles. The zero-order chi connectivity index (χ0) is 9.80. The Morgan fingerprint density at radius 3 is 3.21 bits per heavy atom. The number of Topliss-reactive ketones (excluding diaryl/α,β-unsaturated/α-hetero) is 1. The Bertz CT molecular complexity index is 286. The first-order chi connectivity index (χ1) is 6.84. The van der Waals surface area contributed by atoms with Gasteiger partial charge < -0.3 is 4.74 Å². The van der Waals surface area contributed by atoms with Gasteiger partial charge in [0.2, 0.25) is 0 Å². The molecular weight excluding hydrogens is 196 g/mol. The average molecular weight is 210 g/mol. The van der Waals surface area contributed by atoms with E-state index in [2.05, 4.69) is 0 Å². The third-order valence-electron chi connectivity index (χ3n) is 2.49. The van der Waals surface area contributed by atoms with Gasteiger partial charge >= 0.3 is 0 Å². The highest BCUT2D eigenvalue weighted by molar-refractivity contribution is 7.10. The molecule has 1 atom stereocenters. The molecule has 76 valence electrons. The molecule has 0 saturated carbocycles. The third kappa shape index (κ3) is 2.66. The Morgan fingerprint density at radius 2 is 2.57 bits per heavy atom. The molecule has 1 aromatic rings. The normalized spacial score (nSPS) is 21.3. The molecule has 14 heavy (non-hydrogen) atoms. The van der Waals surface area contributed by atoms with Crippen molar-refractivity contribution in [2.45, 2.75) is 19.3 Å². The molecule has 0 amide bonds. The van der Waals surface area contributed by atoms with Crippen LogP contribution in [0.25, 0.3) is 0 Å². The van der Waals surface area contributed by atoms with E-state index in [0.29, 0.717) is 24.5 Å². The van der Waals surface area contributed by atoms with E-state index in [1.54, 1.807) is 11.3 Å². The van der Waals surface area contributed by atoms with Gasteiger partial charge in [0.05, 0.1) is 0 Å². The Morgan fingerprint density at radius 1 is 1.64 bits per heavy atom. The molecule has 2 heterocycles. The van der Waals surface area contributed by atoms with Crippen molar-refractivity contribution in [3.63, 3.8) is 0 Å². The van der Waals surface area contributed by atoms with Crippen molar-refractivity contribution >= 4 is 17.1 Å². The van der Waals surface area contributed by atoms with Crippen molar-refractivity contribution in [1.29, 1.82) is 0 Å². The predicted octanol–water partition coefficient (Wildman–Crippen LogP) is 2.29. The lowest BCUT2D eigenvalue weighted by Gasteiger charge is -2.04. The highest BCUT2D eigenvalue weighted by Gasteiger charge is 2.19. The van der Waals surface area contributed by atoms with E-state index in [4.69, 9.17) is 4.74 Å². The van der Waals surface area contributed by atoms with E-state index < -0.39 is 0 Å². The largest absolute Gasteiger partial charge is 0.381 e. The molecule has 1 aliphatic rings. The quantitative estimate of drug-likeness (QED) is 0.762. The fourth-order valence-electron chi connectivity index (χ4n) is 1.75. The zero-order valence-electron chi connectivity index (χ0n) is 8.07. The summed E-state index contributed by atoms with van der Waals surface area (Å²) in [5.41, 5.74) is 0. The summed E-state index contributed by atoms with van der Waals surface area (Å²) in [6.45, 7) is 1.60. The predicted molar refractivity (Wildman–Crippen MR) is 56.6 cm³/mol. The molecule has 2 rings (SSSR count). The Hall–Kier alpha value is -0.670. The van der Waals surface area contributed by atoms with Crippen LogP contribution >= 0.6 is 11.3 Å². The first-order valence-electron chi connectivity index (χ1n) is 4.96. The smallest absolute Gasteiger partial charge is 0.138 e. The van der Waals surface area contributed by atoms with Crippen LogP contribution in [0.1, 0.15) is 17.7 Å². The molecule has 1 aromatic heterocycles. The Kier molecular flexibility index (Phi) is 3.32. The molecule has 0 spiro atoms. The SMILES string of the molecule is O=C(Cc1cccs1)CC1CCOC1. The monoisotopic (exact) mass is 210 g/mol. The van der Waals surface area contributed by atoms with Crippen molar-refractivity contribution in [3.05, 3.63) is 22.4 Å². The van der Waals surface area contributed by atoms with E-state index >= 15 is 0 Å². The minimum absolute atomic E-state index is 0.350. The lowest BCUT2D eigenvalue weighted by molar-refractivity contribution is -0.119. The van der Waals surface area contributed by atoms with Gasteiger partial charge in [-0.3, -0.25) is 4.79 Å². The molecule has 0 radical (unpaired) electrons. The molecule has 0 N–H and O–H groups in total. The fraction of sp³-hybridized carbons (Fsp3) is 0.545. The lowest BCUT2D eigenvalue weighted by atomic mass is 10.0. The minimum Gasteiger partial charge on any atom is -0.381 e. The summed E-state index contributed by atoms with van der Waals surface area (Å²) in [6.07, 6.45) is 2.35. The van der Waals surface area contributed by atoms with Crippen molar-refractivity contribution in [2.24, 2.45) is 5.92 Å². The van der Waals surface area contributed by atoms with Crippen LogP contribution in [0.4, 0.5) is 0 Å². The minimum atomic E-state index is 0.350. The van der Waals surface area contributed by atoms with Crippen LogP contribution in [0.15, 0.2) is 17.5 Å². The maximum absolute atomic E-state index is 11.6. The maximum Gasteiger partial charge on any atom is 0.138 e. The van der Waals surface area contributed by atoms with Crippen LogP contribution in [-0.2, 0) is 16.0 Å². The molecule has 1 saturated heterocycles. The number of rotatable bonds is 4.